The maximum atomic E-state index is 13.0. The lowest BCUT2D eigenvalue weighted by Gasteiger charge is -2.21. The summed E-state index contributed by atoms with van der Waals surface area (Å²) in [6, 6.07) is 3.92. The van der Waals surface area contributed by atoms with E-state index in [9.17, 15) is 18.0 Å². The van der Waals surface area contributed by atoms with E-state index in [-0.39, 0.29) is 27.4 Å². The van der Waals surface area contributed by atoms with E-state index in [2.05, 4.69) is 5.32 Å². The van der Waals surface area contributed by atoms with Crippen LogP contribution in [0.3, 0.4) is 0 Å². The molecule has 0 bridgehead atoms. The third kappa shape index (κ3) is 6.42. The smallest absolute Gasteiger partial charge is 0.338 e. The molecule has 9 heteroatoms. The Labute approximate surface area is 177 Å². The Morgan fingerprint density at radius 2 is 1.76 bits per heavy atom. The quantitative estimate of drug-likeness (QED) is 0.652. The van der Waals surface area contributed by atoms with Gasteiger partial charge < -0.3 is 10.1 Å². The van der Waals surface area contributed by atoms with Crippen LogP contribution < -0.4 is 5.32 Å². The number of sulfonamides is 1. The van der Waals surface area contributed by atoms with E-state index in [0.29, 0.717) is 13.1 Å². The fourth-order valence-corrected chi connectivity index (χ4v) is 4.94. The number of nitrogens with zero attached hydrogens (tertiary/aromatic N) is 1. The first-order valence-corrected chi connectivity index (χ1v) is 11.7. The first-order valence-electron chi connectivity index (χ1n) is 9.89. The van der Waals surface area contributed by atoms with Gasteiger partial charge in [0.05, 0.1) is 10.6 Å². The van der Waals surface area contributed by atoms with Crippen molar-refractivity contribution < 1.29 is 22.7 Å². The van der Waals surface area contributed by atoms with Crippen LogP contribution >= 0.6 is 11.6 Å². The van der Waals surface area contributed by atoms with Crippen molar-refractivity contribution in [3.8, 4) is 0 Å². The molecule has 7 nitrogen and oxygen atoms in total. The van der Waals surface area contributed by atoms with Gasteiger partial charge in [0.1, 0.15) is 4.90 Å². The van der Waals surface area contributed by atoms with Gasteiger partial charge in [0, 0.05) is 19.1 Å². The summed E-state index contributed by atoms with van der Waals surface area (Å²) in [6.45, 7) is 6.23. The van der Waals surface area contributed by atoms with Gasteiger partial charge in [-0.05, 0) is 43.9 Å². The molecule has 0 unspecified atom stereocenters. The van der Waals surface area contributed by atoms with Crippen LogP contribution in [0, 0.1) is 5.92 Å². The summed E-state index contributed by atoms with van der Waals surface area (Å²) in [4.78, 5) is 24.1. The van der Waals surface area contributed by atoms with Crippen molar-refractivity contribution in [2.24, 2.45) is 5.92 Å². The van der Waals surface area contributed by atoms with Gasteiger partial charge in [-0.25, -0.2) is 13.2 Å². The monoisotopic (exact) mass is 444 g/mol. The third-order valence-electron chi connectivity index (χ3n) is 5.07. The zero-order chi connectivity index (χ0) is 21.6. The average molecular weight is 445 g/mol. The maximum Gasteiger partial charge on any atom is 0.338 e. The highest BCUT2D eigenvalue weighted by atomic mass is 35.5. The van der Waals surface area contributed by atoms with E-state index in [1.807, 2.05) is 20.8 Å². The number of nitrogens with one attached hydrogen (secondary N) is 1. The molecule has 0 aliphatic carbocycles. The minimum Gasteiger partial charge on any atom is -0.452 e. The number of hydrogen-bond donors (Lipinski definition) is 1. The summed E-state index contributed by atoms with van der Waals surface area (Å²) >= 11 is 6.14. The molecule has 1 saturated heterocycles. The fraction of sp³-hybridized carbons (Fsp3) is 0.600. The van der Waals surface area contributed by atoms with Crippen molar-refractivity contribution in [2.45, 2.75) is 57.4 Å². The first kappa shape index (κ1) is 23.6. The molecule has 1 amide bonds. The molecular weight excluding hydrogens is 416 g/mol. The molecular formula is C20H29ClN2O5S. The highest BCUT2D eigenvalue weighted by Gasteiger charge is 2.28. The van der Waals surface area contributed by atoms with Crippen LogP contribution in [-0.4, -0.2) is 50.3 Å². The van der Waals surface area contributed by atoms with E-state index in [0.717, 1.165) is 25.7 Å². The molecule has 0 radical (unpaired) electrons. The highest BCUT2D eigenvalue weighted by molar-refractivity contribution is 7.89. The van der Waals surface area contributed by atoms with E-state index in [1.165, 1.54) is 22.5 Å². The second-order valence-corrected chi connectivity index (χ2v) is 9.95. The topological polar surface area (TPSA) is 92.8 Å². The Morgan fingerprint density at radius 3 is 2.34 bits per heavy atom. The lowest BCUT2D eigenvalue weighted by atomic mass is 10.1. The second-order valence-electron chi connectivity index (χ2n) is 7.64. The summed E-state index contributed by atoms with van der Waals surface area (Å²) < 4.78 is 32.5. The van der Waals surface area contributed by atoms with Crippen molar-refractivity contribution >= 4 is 33.5 Å². The zero-order valence-corrected chi connectivity index (χ0v) is 18.7. The van der Waals surface area contributed by atoms with E-state index in [4.69, 9.17) is 16.3 Å². The summed E-state index contributed by atoms with van der Waals surface area (Å²) in [6.07, 6.45) is 3.57. The van der Waals surface area contributed by atoms with E-state index >= 15 is 0 Å². The van der Waals surface area contributed by atoms with Gasteiger partial charge >= 0.3 is 5.97 Å². The molecule has 29 heavy (non-hydrogen) atoms. The first-order chi connectivity index (χ1) is 13.6. The van der Waals surface area contributed by atoms with Crippen LogP contribution in [0.4, 0.5) is 0 Å². The van der Waals surface area contributed by atoms with Crippen LogP contribution in [0.25, 0.3) is 0 Å². The van der Waals surface area contributed by atoms with Gasteiger partial charge in [0.15, 0.2) is 6.61 Å². The number of rotatable bonds is 7. The van der Waals surface area contributed by atoms with E-state index in [1.54, 1.807) is 0 Å². The molecule has 0 spiro atoms. The molecule has 1 atom stereocenters. The predicted molar refractivity (Wildman–Crippen MR) is 111 cm³/mol. The van der Waals surface area contributed by atoms with Crippen molar-refractivity contribution in [3.63, 3.8) is 0 Å². The minimum absolute atomic E-state index is 0.0347. The highest BCUT2D eigenvalue weighted by Crippen LogP contribution is 2.28. The SMILES string of the molecule is CC(C)[C@@H](C)NC(=O)COC(=O)c1ccc(Cl)c(S(=O)(=O)N2CCCCCC2)c1. The van der Waals surface area contributed by atoms with Gasteiger partial charge in [-0.15, -0.1) is 0 Å². The van der Waals surface area contributed by atoms with Crippen LogP contribution in [0.2, 0.25) is 5.02 Å². The lowest BCUT2D eigenvalue weighted by Crippen LogP contribution is -2.38. The second kappa shape index (κ2) is 10.4. The van der Waals surface area contributed by atoms with Gasteiger partial charge in [-0.3, -0.25) is 4.79 Å². The minimum atomic E-state index is -3.81. The van der Waals surface area contributed by atoms with E-state index < -0.39 is 28.5 Å². The lowest BCUT2D eigenvalue weighted by molar-refractivity contribution is -0.125. The third-order valence-corrected chi connectivity index (χ3v) is 7.45. The normalized spacial score (nSPS) is 16.9. The van der Waals surface area contributed by atoms with Crippen LogP contribution in [0.1, 0.15) is 56.8 Å². The van der Waals surface area contributed by atoms with Crippen molar-refractivity contribution in [2.75, 3.05) is 19.7 Å². The molecule has 0 saturated carbocycles. The number of carbonyl (C=O) groups excluding carboxylic acids is 2. The molecule has 1 aromatic rings. The Hall–Kier alpha value is -1.64. The average Bonchev–Trinajstić information content (AvgIpc) is 2.96. The molecule has 162 valence electrons. The molecule has 1 aromatic carbocycles. The Balaban J connectivity index is 2.11. The number of esters is 1. The molecule has 2 rings (SSSR count). The standard InChI is InChI=1S/C20H29ClN2O5S/c1-14(2)15(3)22-19(24)13-28-20(25)16-8-9-17(21)18(12-16)29(26,27)23-10-6-4-5-7-11-23/h8-9,12,14-15H,4-7,10-11,13H2,1-3H3,(H,22,24)/t15-/m1/s1. The predicted octanol–water partition coefficient (Wildman–Crippen LogP) is 3.22. The Morgan fingerprint density at radius 1 is 1.14 bits per heavy atom. The number of ether oxygens (including phenoxy) is 1. The van der Waals surface area contributed by atoms with Crippen molar-refractivity contribution in [1.29, 1.82) is 0 Å². The zero-order valence-electron chi connectivity index (χ0n) is 17.1. The summed E-state index contributed by atoms with van der Waals surface area (Å²) in [5.41, 5.74) is 0.0347. The molecule has 1 heterocycles. The Kier molecular flexibility index (Phi) is 8.48. The number of hydrogen-bond acceptors (Lipinski definition) is 5. The van der Waals surface area contributed by atoms with Crippen molar-refractivity contribution in [3.05, 3.63) is 28.8 Å². The number of halogens is 1. The summed E-state index contributed by atoms with van der Waals surface area (Å²) in [5.74, 6) is -0.940. The van der Waals surface area contributed by atoms with Crippen LogP contribution in [0.15, 0.2) is 23.1 Å². The number of carbonyl (C=O) groups is 2. The summed E-state index contributed by atoms with van der Waals surface area (Å²) in [5, 5.41) is 2.79. The van der Waals surface area contributed by atoms with Crippen molar-refractivity contribution in [1.82, 2.24) is 9.62 Å². The number of benzene rings is 1. The van der Waals surface area contributed by atoms with Gasteiger partial charge in [-0.2, -0.15) is 4.31 Å². The van der Waals surface area contributed by atoms with Crippen LogP contribution in [-0.2, 0) is 19.6 Å². The fourth-order valence-electron chi connectivity index (χ4n) is 2.93. The van der Waals surface area contributed by atoms with Gasteiger partial charge in [-0.1, -0.05) is 38.3 Å². The molecule has 1 aliphatic heterocycles. The van der Waals surface area contributed by atoms with Gasteiger partial charge in [0.2, 0.25) is 10.0 Å². The molecule has 1 aliphatic rings. The van der Waals surface area contributed by atoms with Gasteiger partial charge in [0.25, 0.3) is 5.91 Å². The molecule has 0 aromatic heterocycles. The number of amides is 1. The maximum absolute atomic E-state index is 13.0. The largest absolute Gasteiger partial charge is 0.452 e. The Bertz CT molecular complexity index is 833. The van der Waals surface area contributed by atoms with Crippen LogP contribution in [0.5, 0.6) is 0 Å². The molecule has 1 N–H and O–H groups in total. The molecule has 1 fully saturated rings. The summed E-state index contributed by atoms with van der Waals surface area (Å²) in [7, 11) is -3.81.